The van der Waals surface area contributed by atoms with Gasteiger partial charge in [0.1, 0.15) is 60.7 Å². The average molecular weight is 588 g/mol. The van der Waals surface area contributed by atoms with E-state index in [-0.39, 0.29) is 11.3 Å². The lowest BCUT2D eigenvalue weighted by Gasteiger charge is -2.39. The molecule has 2 fully saturated rings. The lowest BCUT2D eigenvalue weighted by molar-refractivity contribution is -0.280. The number of phosphoric ester groups is 2. The highest BCUT2D eigenvalue weighted by Crippen LogP contribution is 2.61. The fraction of sp³-hybridized carbons (Fsp3) is 0.647. The zero-order valence-corrected chi connectivity index (χ0v) is 20.9. The lowest BCUT2D eigenvalue weighted by Crippen LogP contribution is -2.58. The highest BCUT2D eigenvalue weighted by atomic mass is 31.3. The molecule has 21 heteroatoms. The van der Waals surface area contributed by atoms with Crippen LogP contribution in [0.2, 0.25) is 0 Å². The van der Waals surface area contributed by atoms with Gasteiger partial charge >= 0.3 is 15.6 Å². The number of hydrogen-bond donors (Lipinski definition) is 10. The predicted octanol–water partition coefficient (Wildman–Crippen LogP) is -3.25. The molecule has 2 unspecified atom stereocenters. The quantitative estimate of drug-likeness (QED) is 0.129. The number of aliphatic hydroxyl groups is 6. The zero-order chi connectivity index (χ0) is 28.0. The van der Waals surface area contributed by atoms with Crippen molar-refractivity contribution in [3.05, 3.63) is 18.1 Å². The third-order valence-electron chi connectivity index (χ3n) is 5.88. The van der Waals surface area contributed by atoms with Crippen molar-refractivity contribution in [1.29, 1.82) is 0 Å². The smallest absolute Gasteiger partial charge is 0.394 e. The Kier molecular flexibility index (Phi) is 8.56. The van der Waals surface area contributed by atoms with Crippen LogP contribution in [0.25, 0.3) is 11.0 Å². The minimum absolute atomic E-state index is 0.118. The van der Waals surface area contributed by atoms with Gasteiger partial charge in [0.25, 0.3) is 0 Å². The number of hydrogen-bond acceptors (Lipinski definition) is 16. The van der Waals surface area contributed by atoms with Gasteiger partial charge in [-0.05, 0) is 0 Å². The number of rotatable bonds is 9. The van der Waals surface area contributed by atoms with E-state index in [0.29, 0.717) is 11.1 Å². The molecule has 0 aliphatic carbocycles. The standard InChI is InChI=1S/C17H26N4O15P2/c18-16-9-8(20-4-21-16)5(1-19-9)15-13(26)11(24)7(33-15)3-32-37(28,29)36-38(30,31)35-17-14(27)12(25)10(23)6(2-22)34-17/h1,4,6-7,10-15,17,19,22-27H,2-3H2,(H,28,29)(H,30,31)(H2,18,20,21)/t6-,7-,10-,11-,12+,13-,14-,15+,17-/m1/s1. The summed E-state index contributed by atoms with van der Waals surface area (Å²) >= 11 is 0. The van der Waals surface area contributed by atoms with Crippen molar-refractivity contribution >= 4 is 32.5 Å². The maximum atomic E-state index is 12.3. The Morgan fingerprint density at radius 1 is 0.947 bits per heavy atom. The first-order chi connectivity index (χ1) is 17.7. The van der Waals surface area contributed by atoms with Crippen LogP contribution < -0.4 is 5.73 Å². The van der Waals surface area contributed by atoms with Crippen molar-refractivity contribution in [1.82, 2.24) is 15.0 Å². The highest BCUT2D eigenvalue weighted by molar-refractivity contribution is 7.61. The molecule has 2 aliphatic heterocycles. The van der Waals surface area contributed by atoms with Crippen LogP contribution in [0.1, 0.15) is 11.7 Å². The van der Waals surface area contributed by atoms with E-state index in [1.165, 1.54) is 12.5 Å². The summed E-state index contributed by atoms with van der Waals surface area (Å²) in [4.78, 5) is 30.4. The van der Waals surface area contributed by atoms with Gasteiger partial charge in [0, 0.05) is 11.8 Å². The molecule has 0 radical (unpaired) electrons. The van der Waals surface area contributed by atoms with E-state index < -0.39 is 84.0 Å². The Morgan fingerprint density at radius 3 is 2.32 bits per heavy atom. The van der Waals surface area contributed by atoms with Crippen molar-refractivity contribution in [2.24, 2.45) is 0 Å². The second-order valence-corrected chi connectivity index (χ2v) is 11.4. The lowest BCUT2D eigenvalue weighted by atomic mass is 10.00. The van der Waals surface area contributed by atoms with Crippen molar-refractivity contribution in [3.8, 4) is 0 Å². The second-order valence-electron chi connectivity index (χ2n) is 8.42. The minimum Gasteiger partial charge on any atom is -0.394 e. The van der Waals surface area contributed by atoms with Crippen LogP contribution in [0.4, 0.5) is 5.82 Å². The Hall–Kier alpha value is -1.64. The Morgan fingerprint density at radius 2 is 1.63 bits per heavy atom. The molecular formula is C17H26N4O15P2. The van der Waals surface area contributed by atoms with Gasteiger partial charge in [0.05, 0.1) is 18.7 Å². The molecule has 0 amide bonds. The SMILES string of the molecule is Nc1ncnc2c([C@@H]3O[C@H](COP(=O)(O)OP(=O)(O)O[C@H]4O[C@H](CO)[C@@H](O)[C@H](O)[C@H]4O)[C@@H](O)[C@H]3O)c[nH]c12. The molecular weight excluding hydrogens is 562 g/mol. The van der Waals surface area contributed by atoms with Gasteiger partial charge in [-0.3, -0.25) is 9.05 Å². The summed E-state index contributed by atoms with van der Waals surface area (Å²) in [5, 5.41) is 59.3. The molecule has 2 aromatic heterocycles. The fourth-order valence-corrected chi connectivity index (χ4v) is 6.12. The van der Waals surface area contributed by atoms with E-state index in [0.717, 1.165) is 0 Å². The van der Waals surface area contributed by atoms with Crippen LogP contribution in [0, 0.1) is 0 Å². The second kappa shape index (κ2) is 11.1. The number of ether oxygens (including phenoxy) is 2. The zero-order valence-electron chi connectivity index (χ0n) is 19.1. The maximum absolute atomic E-state index is 12.3. The summed E-state index contributed by atoms with van der Waals surface area (Å²) in [6, 6.07) is 0. The van der Waals surface area contributed by atoms with Crippen molar-refractivity contribution in [2.45, 2.75) is 55.1 Å². The summed E-state index contributed by atoms with van der Waals surface area (Å²) in [6.45, 7) is -1.79. The molecule has 4 rings (SSSR count). The predicted molar refractivity (Wildman–Crippen MR) is 119 cm³/mol. The van der Waals surface area contributed by atoms with Gasteiger partial charge in [-0.2, -0.15) is 4.31 Å². The number of nitrogen functional groups attached to an aromatic ring is 1. The fourth-order valence-electron chi connectivity index (χ4n) is 3.97. The van der Waals surface area contributed by atoms with Crippen molar-refractivity contribution in [2.75, 3.05) is 18.9 Å². The number of aromatic amines is 1. The van der Waals surface area contributed by atoms with Gasteiger partial charge in [-0.15, -0.1) is 0 Å². The Bertz CT molecular complexity index is 1230. The maximum Gasteiger partial charge on any atom is 0.483 e. The number of fused-ring (bicyclic) bond motifs is 1. The molecule has 0 saturated carbocycles. The largest absolute Gasteiger partial charge is 0.483 e. The third-order valence-corrected chi connectivity index (χ3v) is 8.49. The van der Waals surface area contributed by atoms with E-state index in [9.17, 15) is 44.4 Å². The molecule has 2 aliphatic rings. The number of nitrogens with two attached hydrogens (primary N) is 1. The van der Waals surface area contributed by atoms with Gasteiger partial charge in [0.15, 0.2) is 12.1 Å². The van der Waals surface area contributed by atoms with E-state index in [4.69, 9.17) is 20.3 Å². The third kappa shape index (κ3) is 5.92. The number of H-pyrrole nitrogens is 1. The van der Waals surface area contributed by atoms with Crippen LogP contribution in [-0.4, -0.2) is 118 Å². The van der Waals surface area contributed by atoms with Crippen LogP contribution in [0.15, 0.2) is 12.5 Å². The number of anilines is 1. The summed E-state index contributed by atoms with van der Waals surface area (Å²) in [5.74, 6) is 0.118. The van der Waals surface area contributed by atoms with Crippen LogP contribution in [-0.2, 0) is 32.0 Å². The number of nitrogens with one attached hydrogen (secondary N) is 1. The molecule has 0 spiro atoms. The number of phosphoric acid groups is 2. The summed E-state index contributed by atoms with van der Waals surface area (Å²) < 4.78 is 48.2. The topological polar surface area (TPSA) is 310 Å². The van der Waals surface area contributed by atoms with Gasteiger partial charge < -0.3 is 60.6 Å². The van der Waals surface area contributed by atoms with E-state index in [2.05, 4.69) is 28.3 Å². The summed E-state index contributed by atoms with van der Waals surface area (Å²) in [5.41, 5.74) is 6.69. The first kappa shape index (κ1) is 29.3. The van der Waals surface area contributed by atoms with Crippen molar-refractivity contribution < 1.29 is 72.4 Å². The molecule has 2 aromatic rings. The monoisotopic (exact) mass is 588 g/mol. The van der Waals surface area contributed by atoms with E-state index >= 15 is 0 Å². The van der Waals surface area contributed by atoms with E-state index in [1.54, 1.807) is 0 Å². The molecule has 4 heterocycles. The molecule has 214 valence electrons. The normalized spacial score (nSPS) is 37.2. The minimum atomic E-state index is -5.56. The Balaban J connectivity index is 1.38. The first-order valence-electron chi connectivity index (χ1n) is 10.8. The van der Waals surface area contributed by atoms with Gasteiger partial charge in [-0.1, -0.05) is 0 Å². The van der Waals surface area contributed by atoms with Crippen LogP contribution >= 0.6 is 15.6 Å². The van der Waals surface area contributed by atoms with Crippen molar-refractivity contribution in [3.63, 3.8) is 0 Å². The van der Waals surface area contributed by atoms with Crippen LogP contribution in [0.3, 0.4) is 0 Å². The number of nitrogens with zero attached hydrogens (tertiary/aromatic N) is 2. The summed E-state index contributed by atoms with van der Waals surface area (Å²) in [6.07, 6.45) is -12.7. The molecule has 0 bridgehead atoms. The van der Waals surface area contributed by atoms with Gasteiger partial charge in [0.2, 0.25) is 0 Å². The Labute approximate surface area is 212 Å². The molecule has 2 saturated heterocycles. The summed E-state index contributed by atoms with van der Waals surface area (Å²) in [7, 11) is -11.0. The molecule has 19 nitrogen and oxygen atoms in total. The molecule has 38 heavy (non-hydrogen) atoms. The number of aliphatic hydroxyl groups excluding tert-OH is 6. The van der Waals surface area contributed by atoms with Crippen LogP contribution in [0.5, 0.6) is 0 Å². The van der Waals surface area contributed by atoms with Gasteiger partial charge in [-0.25, -0.2) is 19.1 Å². The molecule has 11 N–H and O–H groups in total. The highest BCUT2D eigenvalue weighted by Gasteiger charge is 2.49. The first-order valence-corrected chi connectivity index (χ1v) is 13.8. The molecule has 0 aromatic carbocycles. The van der Waals surface area contributed by atoms with E-state index in [1.807, 2.05) is 0 Å². The molecule has 11 atom stereocenters. The number of aromatic nitrogens is 3. The average Bonchev–Trinajstić information content (AvgIpc) is 3.39.